The highest BCUT2D eigenvalue weighted by atomic mass is 32.2. The molecule has 2 fully saturated rings. The Labute approximate surface area is 158 Å². The topological polar surface area (TPSA) is 77.6 Å². The zero-order valence-corrected chi connectivity index (χ0v) is 15.6. The Morgan fingerprint density at radius 2 is 1.70 bits per heavy atom. The van der Waals surface area contributed by atoms with Crippen molar-refractivity contribution in [1.82, 2.24) is 25.0 Å². The Hall–Kier alpha value is -1.91. The van der Waals surface area contributed by atoms with Crippen molar-refractivity contribution in [2.24, 2.45) is 0 Å². The zero-order chi connectivity index (χ0) is 18.9. The molecule has 2 atom stereocenters. The smallest absolute Gasteiger partial charge is 0.246 e. The monoisotopic (exact) mass is 391 g/mol. The van der Waals surface area contributed by atoms with Crippen LogP contribution < -0.4 is 10.9 Å². The molecule has 0 radical (unpaired) electrons. The maximum absolute atomic E-state index is 13.9. The van der Waals surface area contributed by atoms with Gasteiger partial charge in [-0.15, -0.1) is 0 Å². The minimum atomic E-state index is -3.80. The first-order valence-electron chi connectivity index (χ1n) is 8.95. The van der Waals surface area contributed by atoms with Gasteiger partial charge in [0.2, 0.25) is 10.0 Å². The van der Waals surface area contributed by atoms with Crippen LogP contribution >= 0.6 is 0 Å². The van der Waals surface area contributed by atoms with Crippen LogP contribution in [-0.2, 0) is 10.0 Å². The second-order valence-electron chi connectivity index (χ2n) is 6.74. The van der Waals surface area contributed by atoms with Gasteiger partial charge in [-0.25, -0.2) is 23.7 Å². The lowest BCUT2D eigenvalue weighted by atomic mass is 10.1. The molecule has 2 unspecified atom stereocenters. The maximum atomic E-state index is 13.9. The lowest BCUT2D eigenvalue weighted by Crippen LogP contribution is -2.55. The molecule has 2 aliphatic heterocycles. The molecule has 27 heavy (non-hydrogen) atoms. The van der Waals surface area contributed by atoms with Crippen LogP contribution in [-0.4, -0.2) is 55.0 Å². The minimum Gasteiger partial charge on any atom is -0.284 e. The third-order valence-electron chi connectivity index (χ3n) is 5.16. The number of nitrogens with one attached hydrogen (secondary N) is 2. The second kappa shape index (κ2) is 7.61. The Bertz CT molecular complexity index is 888. The van der Waals surface area contributed by atoms with Crippen LogP contribution in [0.4, 0.5) is 4.39 Å². The number of nitrogens with zero attached hydrogens (tertiary/aromatic N) is 3. The summed E-state index contributed by atoms with van der Waals surface area (Å²) in [6.07, 6.45) is 4.55. The molecule has 0 aliphatic carbocycles. The number of hydrogen-bond acceptors (Lipinski definition) is 6. The normalized spacial score (nSPS) is 24.9. The van der Waals surface area contributed by atoms with Crippen LogP contribution in [0.5, 0.6) is 0 Å². The van der Waals surface area contributed by atoms with Crippen LogP contribution in [0.25, 0.3) is 0 Å². The molecule has 0 amide bonds. The highest BCUT2D eigenvalue weighted by Crippen LogP contribution is 2.25. The molecule has 2 aliphatic rings. The molecule has 0 spiro atoms. The summed E-state index contributed by atoms with van der Waals surface area (Å²) in [6, 6.07) is 9.69. The molecular formula is C18H22FN5O2S. The van der Waals surface area contributed by atoms with Gasteiger partial charge >= 0.3 is 0 Å². The van der Waals surface area contributed by atoms with Gasteiger partial charge in [-0.2, -0.15) is 4.31 Å². The Kier molecular flexibility index (Phi) is 5.20. The summed E-state index contributed by atoms with van der Waals surface area (Å²) in [5.74, 6) is -0.707. The Morgan fingerprint density at radius 3 is 2.41 bits per heavy atom. The van der Waals surface area contributed by atoms with E-state index in [4.69, 9.17) is 0 Å². The first-order valence-corrected chi connectivity index (χ1v) is 10.4. The predicted molar refractivity (Wildman–Crippen MR) is 98.4 cm³/mol. The Balaban J connectivity index is 1.38. The standard InChI is InChI=1S/C18H22FN5O2S/c19-15-3-1-2-4-17(15)27(25,26)24-11-9-23(10-12-24)18-13-16(21-22-18)14-5-7-20-8-6-14/h1-8,16,18,21-22H,9-13H2. The van der Waals surface area contributed by atoms with Crippen molar-refractivity contribution in [2.45, 2.75) is 23.5 Å². The molecule has 1 aromatic heterocycles. The van der Waals surface area contributed by atoms with Crippen LogP contribution in [0.2, 0.25) is 0 Å². The zero-order valence-electron chi connectivity index (χ0n) is 14.8. The average molecular weight is 391 g/mol. The van der Waals surface area contributed by atoms with Gasteiger partial charge in [-0.05, 0) is 36.2 Å². The van der Waals surface area contributed by atoms with E-state index < -0.39 is 15.8 Å². The molecule has 0 bridgehead atoms. The third-order valence-corrected chi connectivity index (χ3v) is 7.09. The van der Waals surface area contributed by atoms with E-state index in [1.807, 2.05) is 12.1 Å². The van der Waals surface area contributed by atoms with Crippen LogP contribution in [0.3, 0.4) is 0 Å². The summed E-state index contributed by atoms with van der Waals surface area (Å²) in [5, 5.41) is 0. The van der Waals surface area contributed by atoms with Crippen LogP contribution in [0, 0.1) is 5.82 Å². The molecule has 4 rings (SSSR count). The lowest BCUT2D eigenvalue weighted by Gasteiger charge is -2.37. The summed E-state index contributed by atoms with van der Waals surface area (Å²) < 4.78 is 40.7. The van der Waals surface area contributed by atoms with Crippen molar-refractivity contribution in [2.75, 3.05) is 26.2 Å². The molecule has 2 saturated heterocycles. The van der Waals surface area contributed by atoms with E-state index in [-0.39, 0.29) is 17.1 Å². The molecule has 7 nitrogen and oxygen atoms in total. The summed E-state index contributed by atoms with van der Waals surface area (Å²) in [5.41, 5.74) is 7.76. The quantitative estimate of drug-likeness (QED) is 0.813. The largest absolute Gasteiger partial charge is 0.284 e. The van der Waals surface area contributed by atoms with Gasteiger partial charge in [-0.3, -0.25) is 9.88 Å². The third kappa shape index (κ3) is 3.74. The van der Waals surface area contributed by atoms with Gasteiger partial charge in [0.15, 0.2) is 0 Å². The van der Waals surface area contributed by atoms with Gasteiger partial charge in [-0.1, -0.05) is 12.1 Å². The van der Waals surface area contributed by atoms with Crippen LogP contribution in [0.15, 0.2) is 53.7 Å². The predicted octanol–water partition coefficient (Wildman–Crippen LogP) is 1.09. The number of aromatic nitrogens is 1. The fourth-order valence-electron chi connectivity index (χ4n) is 3.64. The van der Waals surface area contributed by atoms with Crippen molar-refractivity contribution in [1.29, 1.82) is 0 Å². The maximum Gasteiger partial charge on any atom is 0.246 e. The average Bonchev–Trinajstić information content (AvgIpc) is 3.19. The number of sulfonamides is 1. The number of pyridine rings is 1. The van der Waals surface area contributed by atoms with Crippen molar-refractivity contribution in [3.05, 3.63) is 60.2 Å². The van der Waals surface area contributed by atoms with E-state index in [0.717, 1.165) is 6.42 Å². The van der Waals surface area contributed by atoms with Gasteiger partial charge in [0.05, 0.1) is 6.17 Å². The molecular weight excluding hydrogens is 369 g/mol. The van der Waals surface area contributed by atoms with Gasteiger partial charge in [0.25, 0.3) is 0 Å². The summed E-state index contributed by atoms with van der Waals surface area (Å²) in [7, 11) is -3.80. The first kappa shape index (κ1) is 18.5. The number of hydrogen-bond donors (Lipinski definition) is 2. The highest BCUT2D eigenvalue weighted by molar-refractivity contribution is 7.89. The summed E-state index contributed by atoms with van der Waals surface area (Å²) in [4.78, 5) is 6.01. The number of hydrazine groups is 1. The number of piperazine rings is 1. The molecule has 2 aromatic rings. The van der Waals surface area contributed by atoms with Gasteiger partial charge in [0, 0.05) is 44.6 Å². The second-order valence-corrected chi connectivity index (χ2v) is 8.65. The summed E-state index contributed by atoms with van der Waals surface area (Å²) in [6.45, 7) is 1.87. The van der Waals surface area contributed by atoms with E-state index >= 15 is 0 Å². The molecule has 0 saturated carbocycles. The molecule has 9 heteroatoms. The Morgan fingerprint density at radius 1 is 1.00 bits per heavy atom. The van der Waals surface area contributed by atoms with E-state index in [0.29, 0.717) is 26.2 Å². The molecule has 1 aromatic carbocycles. The fraction of sp³-hybridized carbons (Fsp3) is 0.389. The van der Waals surface area contributed by atoms with Crippen molar-refractivity contribution in [3.8, 4) is 0 Å². The number of halogens is 1. The number of benzene rings is 1. The summed E-state index contributed by atoms with van der Waals surface area (Å²) >= 11 is 0. The lowest BCUT2D eigenvalue weighted by molar-refractivity contribution is 0.123. The molecule has 144 valence electrons. The highest BCUT2D eigenvalue weighted by Gasteiger charge is 2.35. The van der Waals surface area contributed by atoms with E-state index in [1.54, 1.807) is 18.5 Å². The minimum absolute atomic E-state index is 0.126. The SMILES string of the molecule is O=S(=O)(c1ccccc1F)N1CCN(C2CC(c3ccncc3)NN2)CC1. The first-order chi connectivity index (χ1) is 13.1. The van der Waals surface area contributed by atoms with Gasteiger partial charge < -0.3 is 0 Å². The molecule has 3 heterocycles. The molecule has 2 N–H and O–H groups in total. The fourth-order valence-corrected chi connectivity index (χ4v) is 5.13. The van der Waals surface area contributed by atoms with Crippen molar-refractivity contribution < 1.29 is 12.8 Å². The van der Waals surface area contributed by atoms with Crippen molar-refractivity contribution >= 4 is 10.0 Å². The van der Waals surface area contributed by atoms with E-state index in [9.17, 15) is 12.8 Å². The van der Waals surface area contributed by atoms with E-state index in [1.165, 1.54) is 28.1 Å². The van der Waals surface area contributed by atoms with Crippen molar-refractivity contribution in [3.63, 3.8) is 0 Å². The number of rotatable bonds is 4. The van der Waals surface area contributed by atoms with Crippen LogP contribution in [0.1, 0.15) is 18.0 Å². The van der Waals surface area contributed by atoms with Gasteiger partial charge in [0.1, 0.15) is 10.7 Å². The van der Waals surface area contributed by atoms with E-state index in [2.05, 4.69) is 20.7 Å².